The summed E-state index contributed by atoms with van der Waals surface area (Å²) in [7, 11) is 0. The van der Waals surface area contributed by atoms with E-state index in [9.17, 15) is 9.90 Å². The summed E-state index contributed by atoms with van der Waals surface area (Å²) in [6, 6.07) is 19.5. The molecule has 0 aromatic heterocycles. The highest BCUT2D eigenvalue weighted by atomic mass is 16.4. The molecule has 2 heteroatoms. The third-order valence-electron chi connectivity index (χ3n) is 4.04. The van der Waals surface area contributed by atoms with E-state index in [1.807, 2.05) is 60.7 Å². The standard InChI is InChI=1S/C19H22O2/c1-2-3-14-19(18(20)21,17-12-8-5-9-13-17)15-16-10-6-4-7-11-16/h4-13H,2-3,14-15H2,1H3,(H,20,21)/t19-/m1/s1. The van der Waals surface area contributed by atoms with E-state index in [1.54, 1.807) is 0 Å². The van der Waals surface area contributed by atoms with Crippen LogP contribution in [0.4, 0.5) is 0 Å². The van der Waals surface area contributed by atoms with E-state index in [1.165, 1.54) is 0 Å². The molecule has 2 nitrogen and oxygen atoms in total. The molecule has 110 valence electrons. The number of unbranched alkanes of at least 4 members (excludes halogenated alkanes) is 1. The van der Waals surface area contributed by atoms with Crippen LogP contribution < -0.4 is 0 Å². The average Bonchev–Trinajstić information content (AvgIpc) is 2.53. The summed E-state index contributed by atoms with van der Waals surface area (Å²) in [5, 5.41) is 9.97. The molecule has 2 rings (SSSR count). The Morgan fingerprint density at radius 2 is 1.57 bits per heavy atom. The number of aliphatic carboxylic acids is 1. The molecule has 0 heterocycles. The molecular formula is C19H22O2. The predicted molar refractivity (Wildman–Crippen MR) is 85.4 cm³/mol. The van der Waals surface area contributed by atoms with Gasteiger partial charge in [-0.2, -0.15) is 0 Å². The van der Waals surface area contributed by atoms with Crippen LogP contribution in [0, 0.1) is 0 Å². The van der Waals surface area contributed by atoms with Crippen molar-refractivity contribution < 1.29 is 9.90 Å². The third-order valence-corrected chi connectivity index (χ3v) is 4.04. The van der Waals surface area contributed by atoms with Crippen molar-refractivity contribution in [2.45, 2.75) is 38.0 Å². The van der Waals surface area contributed by atoms with Crippen LogP contribution in [0.1, 0.15) is 37.3 Å². The van der Waals surface area contributed by atoms with Gasteiger partial charge in [0.05, 0.1) is 5.41 Å². The first-order chi connectivity index (χ1) is 10.2. The van der Waals surface area contributed by atoms with Crippen LogP contribution in [0.15, 0.2) is 60.7 Å². The van der Waals surface area contributed by atoms with Gasteiger partial charge in [0, 0.05) is 0 Å². The number of hydrogen-bond acceptors (Lipinski definition) is 1. The van der Waals surface area contributed by atoms with Crippen molar-refractivity contribution >= 4 is 5.97 Å². The highest BCUT2D eigenvalue weighted by Gasteiger charge is 2.39. The van der Waals surface area contributed by atoms with E-state index < -0.39 is 11.4 Å². The number of carboxylic acids is 1. The fourth-order valence-electron chi connectivity index (χ4n) is 2.82. The Balaban J connectivity index is 2.43. The molecule has 0 unspecified atom stereocenters. The fourth-order valence-corrected chi connectivity index (χ4v) is 2.82. The molecule has 0 fully saturated rings. The van der Waals surface area contributed by atoms with Crippen LogP contribution in [0.5, 0.6) is 0 Å². The first-order valence-electron chi connectivity index (χ1n) is 7.52. The van der Waals surface area contributed by atoms with Gasteiger partial charge in [-0.15, -0.1) is 0 Å². The van der Waals surface area contributed by atoms with Gasteiger partial charge < -0.3 is 5.11 Å². The average molecular weight is 282 g/mol. The fraction of sp³-hybridized carbons (Fsp3) is 0.316. The van der Waals surface area contributed by atoms with Crippen molar-refractivity contribution in [2.75, 3.05) is 0 Å². The lowest BCUT2D eigenvalue weighted by atomic mass is 9.72. The molecule has 1 N–H and O–H groups in total. The molecule has 1 atom stereocenters. The molecule has 2 aromatic carbocycles. The smallest absolute Gasteiger partial charge is 0.314 e. The van der Waals surface area contributed by atoms with Crippen molar-refractivity contribution in [1.82, 2.24) is 0 Å². The van der Waals surface area contributed by atoms with Gasteiger partial charge in [0.1, 0.15) is 0 Å². The SMILES string of the molecule is CCCC[C@](Cc1ccccc1)(C(=O)O)c1ccccc1. The quantitative estimate of drug-likeness (QED) is 0.815. The van der Waals surface area contributed by atoms with Gasteiger partial charge in [-0.3, -0.25) is 4.79 Å². The summed E-state index contributed by atoms with van der Waals surface area (Å²) < 4.78 is 0. The van der Waals surface area contributed by atoms with Gasteiger partial charge >= 0.3 is 5.97 Å². The number of rotatable bonds is 7. The molecule has 0 saturated heterocycles. The van der Waals surface area contributed by atoms with Crippen LogP contribution in [-0.4, -0.2) is 11.1 Å². The van der Waals surface area contributed by atoms with Crippen LogP contribution in [-0.2, 0) is 16.6 Å². The molecule has 0 spiro atoms. The van der Waals surface area contributed by atoms with E-state index >= 15 is 0 Å². The normalized spacial score (nSPS) is 13.6. The zero-order chi connectivity index (χ0) is 15.1. The Morgan fingerprint density at radius 3 is 2.10 bits per heavy atom. The molecule has 0 amide bonds. The monoisotopic (exact) mass is 282 g/mol. The largest absolute Gasteiger partial charge is 0.481 e. The van der Waals surface area contributed by atoms with Crippen LogP contribution in [0.2, 0.25) is 0 Å². The van der Waals surface area contributed by atoms with Crippen LogP contribution >= 0.6 is 0 Å². The van der Waals surface area contributed by atoms with E-state index in [0.29, 0.717) is 12.8 Å². The first-order valence-corrected chi connectivity index (χ1v) is 7.52. The minimum atomic E-state index is -0.835. The molecule has 0 radical (unpaired) electrons. The van der Waals surface area contributed by atoms with Gasteiger partial charge in [-0.05, 0) is 24.0 Å². The second kappa shape index (κ2) is 7.07. The summed E-state index contributed by atoms with van der Waals surface area (Å²) in [5.41, 5.74) is 1.13. The van der Waals surface area contributed by atoms with E-state index in [4.69, 9.17) is 0 Å². The van der Waals surface area contributed by atoms with Crippen molar-refractivity contribution in [3.63, 3.8) is 0 Å². The third kappa shape index (κ3) is 3.52. The highest BCUT2D eigenvalue weighted by molar-refractivity contribution is 5.82. The summed E-state index contributed by atoms with van der Waals surface area (Å²) >= 11 is 0. The lowest BCUT2D eigenvalue weighted by Crippen LogP contribution is -2.38. The van der Waals surface area contributed by atoms with E-state index in [2.05, 4.69) is 6.92 Å². The van der Waals surface area contributed by atoms with Gasteiger partial charge in [0.2, 0.25) is 0 Å². The Bertz CT molecular complexity index is 563. The van der Waals surface area contributed by atoms with Crippen molar-refractivity contribution in [2.24, 2.45) is 0 Å². The molecule has 0 aliphatic rings. The van der Waals surface area contributed by atoms with Gasteiger partial charge in [-0.1, -0.05) is 80.4 Å². The number of carboxylic acid groups (broad SMARTS) is 1. The molecule has 21 heavy (non-hydrogen) atoms. The molecular weight excluding hydrogens is 260 g/mol. The summed E-state index contributed by atoms with van der Waals surface area (Å²) in [5.74, 6) is -0.731. The van der Waals surface area contributed by atoms with Gasteiger partial charge in [0.15, 0.2) is 0 Å². The first kappa shape index (κ1) is 15.3. The van der Waals surface area contributed by atoms with Crippen LogP contribution in [0.25, 0.3) is 0 Å². The molecule has 0 aliphatic heterocycles. The second-order valence-corrected chi connectivity index (χ2v) is 5.52. The van der Waals surface area contributed by atoms with Gasteiger partial charge in [-0.25, -0.2) is 0 Å². The Hall–Kier alpha value is -2.09. The summed E-state index contributed by atoms with van der Waals surface area (Å²) in [6.45, 7) is 2.10. The Kier molecular flexibility index (Phi) is 5.15. The molecule has 2 aromatic rings. The summed E-state index contributed by atoms with van der Waals surface area (Å²) in [4.78, 5) is 12.1. The maximum Gasteiger partial charge on any atom is 0.314 e. The van der Waals surface area contributed by atoms with E-state index in [0.717, 1.165) is 24.0 Å². The maximum atomic E-state index is 12.1. The van der Waals surface area contributed by atoms with E-state index in [-0.39, 0.29) is 0 Å². The minimum Gasteiger partial charge on any atom is -0.481 e. The predicted octanol–water partition coefficient (Wildman–Crippen LogP) is 4.44. The second-order valence-electron chi connectivity index (χ2n) is 5.52. The summed E-state index contributed by atoms with van der Waals surface area (Å²) in [6.07, 6.45) is 3.11. The number of carbonyl (C=O) groups is 1. The zero-order valence-electron chi connectivity index (χ0n) is 12.5. The molecule has 0 bridgehead atoms. The molecule has 0 saturated carbocycles. The van der Waals surface area contributed by atoms with Crippen molar-refractivity contribution in [1.29, 1.82) is 0 Å². The highest BCUT2D eigenvalue weighted by Crippen LogP contribution is 2.34. The van der Waals surface area contributed by atoms with Gasteiger partial charge in [0.25, 0.3) is 0 Å². The van der Waals surface area contributed by atoms with Crippen LogP contribution in [0.3, 0.4) is 0 Å². The topological polar surface area (TPSA) is 37.3 Å². The Labute approximate surface area is 126 Å². The number of benzene rings is 2. The number of hydrogen-bond donors (Lipinski definition) is 1. The Morgan fingerprint density at radius 1 is 1.00 bits per heavy atom. The maximum absolute atomic E-state index is 12.1. The van der Waals surface area contributed by atoms with Crippen molar-refractivity contribution in [3.05, 3.63) is 71.8 Å². The lowest BCUT2D eigenvalue weighted by Gasteiger charge is -2.30. The van der Waals surface area contributed by atoms with Crippen molar-refractivity contribution in [3.8, 4) is 0 Å². The molecule has 0 aliphatic carbocycles. The minimum absolute atomic E-state index is 0.535. The zero-order valence-corrected chi connectivity index (χ0v) is 12.5. The lowest BCUT2D eigenvalue weighted by molar-refractivity contribution is -0.144.